The monoisotopic (exact) mass is 252 g/mol. The molecule has 0 saturated heterocycles. The van der Waals surface area contributed by atoms with Crippen LogP contribution in [0.15, 0.2) is 18.2 Å². The first kappa shape index (κ1) is 13.8. The molecule has 0 aromatic heterocycles. The van der Waals surface area contributed by atoms with Gasteiger partial charge in [0.1, 0.15) is 5.75 Å². The van der Waals surface area contributed by atoms with Crippen molar-refractivity contribution in [3.63, 3.8) is 0 Å². The number of hydrogen-bond donors (Lipinski definition) is 2. The van der Waals surface area contributed by atoms with Crippen LogP contribution in [0.5, 0.6) is 5.75 Å². The minimum atomic E-state index is -1.08. The summed E-state index contributed by atoms with van der Waals surface area (Å²) in [5.41, 5.74) is 6.02. The summed E-state index contributed by atoms with van der Waals surface area (Å²) in [7, 11) is 3.22. The summed E-state index contributed by atoms with van der Waals surface area (Å²) in [4.78, 5) is 23.8. The van der Waals surface area contributed by atoms with Gasteiger partial charge in [0, 0.05) is 14.1 Å². The molecule has 18 heavy (non-hydrogen) atoms. The van der Waals surface area contributed by atoms with E-state index in [1.807, 2.05) is 0 Å². The lowest BCUT2D eigenvalue weighted by Crippen LogP contribution is -2.35. The van der Waals surface area contributed by atoms with Crippen molar-refractivity contribution in [2.45, 2.75) is 13.0 Å². The molecule has 0 spiro atoms. The number of carbonyl (C=O) groups is 2. The lowest BCUT2D eigenvalue weighted by atomic mass is 10.2. The number of nitrogen functional groups attached to an aromatic ring is 1. The van der Waals surface area contributed by atoms with E-state index >= 15 is 0 Å². The molecule has 0 bridgehead atoms. The Labute approximate surface area is 105 Å². The SMILES string of the molecule is CC(Oc1cc(C(=O)O)ccc1N)C(=O)N(C)C. The molecule has 0 aliphatic heterocycles. The summed E-state index contributed by atoms with van der Waals surface area (Å²) >= 11 is 0. The van der Waals surface area contributed by atoms with E-state index in [0.717, 1.165) is 0 Å². The van der Waals surface area contributed by atoms with E-state index in [9.17, 15) is 9.59 Å². The number of anilines is 1. The number of hydrogen-bond acceptors (Lipinski definition) is 4. The highest BCUT2D eigenvalue weighted by atomic mass is 16.5. The second kappa shape index (κ2) is 5.39. The molecule has 1 atom stereocenters. The molecule has 1 amide bonds. The van der Waals surface area contributed by atoms with Gasteiger partial charge in [0.05, 0.1) is 11.3 Å². The Hall–Kier alpha value is -2.24. The van der Waals surface area contributed by atoms with Gasteiger partial charge in [0.2, 0.25) is 0 Å². The molecule has 6 heteroatoms. The summed E-state index contributed by atoms with van der Waals surface area (Å²) in [6.45, 7) is 1.58. The van der Waals surface area contributed by atoms with Crippen LogP contribution in [0.4, 0.5) is 5.69 Å². The highest BCUT2D eigenvalue weighted by Gasteiger charge is 2.18. The standard InChI is InChI=1S/C12H16N2O4/c1-7(11(15)14(2)3)18-10-6-8(12(16)17)4-5-9(10)13/h4-7H,13H2,1-3H3,(H,16,17). The number of amides is 1. The number of carboxylic acids is 1. The number of aromatic carboxylic acids is 1. The predicted octanol–water partition coefficient (Wildman–Crippen LogP) is 0.822. The van der Waals surface area contributed by atoms with E-state index in [1.54, 1.807) is 21.0 Å². The number of rotatable bonds is 4. The van der Waals surface area contributed by atoms with Gasteiger partial charge in [-0.2, -0.15) is 0 Å². The summed E-state index contributed by atoms with van der Waals surface area (Å²) in [5, 5.41) is 8.86. The van der Waals surface area contributed by atoms with Crippen LogP contribution >= 0.6 is 0 Å². The Morgan fingerprint density at radius 2 is 2.00 bits per heavy atom. The van der Waals surface area contributed by atoms with Gasteiger partial charge in [-0.25, -0.2) is 4.79 Å². The Kier molecular flexibility index (Phi) is 4.14. The molecule has 1 rings (SSSR count). The number of carbonyl (C=O) groups excluding carboxylic acids is 1. The Bertz CT molecular complexity index is 471. The van der Waals surface area contributed by atoms with Crippen LogP contribution in [0, 0.1) is 0 Å². The van der Waals surface area contributed by atoms with Crippen LogP contribution in [0.3, 0.4) is 0 Å². The molecule has 0 radical (unpaired) electrons. The highest BCUT2D eigenvalue weighted by molar-refractivity contribution is 5.89. The van der Waals surface area contributed by atoms with Crippen LogP contribution in [-0.2, 0) is 4.79 Å². The molecule has 0 heterocycles. The van der Waals surface area contributed by atoms with E-state index in [2.05, 4.69) is 0 Å². The van der Waals surface area contributed by atoms with Gasteiger partial charge in [0.15, 0.2) is 6.10 Å². The summed E-state index contributed by atoms with van der Waals surface area (Å²) in [5.74, 6) is -1.11. The van der Waals surface area contributed by atoms with Crippen molar-refractivity contribution in [2.75, 3.05) is 19.8 Å². The molecule has 0 saturated carbocycles. The molecule has 0 fully saturated rings. The number of nitrogens with zero attached hydrogens (tertiary/aromatic N) is 1. The van der Waals surface area contributed by atoms with Gasteiger partial charge in [-0.05, 0) is 25.1 Å². The maximum atomic E-state index is 11.6. The topological polar surface area (TPSA) is 92.9 Å². The zero-order valence-corrected chi connectivity index (χ0v) is 10.5. The van der Waals surface area contributed by atoms with Gasteiger partial charge < -0.3 is 20.5 Å². The average molecular weight is 252 g/mol. The second-order valence-electron chi connectivity index (χ2n) is 4.05. The largest absolute Gasteiger partial charge is 0.479 e. The molecule has 98 valence electrons. The molecular formula is C12H16N2O4. The molecule has 6 nitrogen and oxygen atoms in total. The number of carboxylic acid groups (broad SMARTS) is 1. The normalized spacial score (nSPS) is 11.7. The highest BCUT2D eigenvalue weighted by Crippen LogP contribution is 2.24. The van der Waals surface area contributed by atoms with E-state index < -0.39 is 12.1 Å². The molecular weight excluding hydrogens is 236 g/mol. The van der Waals surface area contributed by atoms with Crippen LogP contribution in [0.2, 0.25) is 0 Å². The van der Waals surface area contributed by atoms with Crippen LogP contribution < -0.4 is 10.5 Å². The molecule has 0 aliphatic rings. The molecule has 1 aromatic rings. The van der Waals surface area contributed by atoms with Crippen LogP contribution in [0.1, 0.15) is 17.3 Å². The fourth-order valence-corrected chi connectivity index (χ4v) is 1.37. The van der Waals surface area contributed by atoms with Crippen molar-refractivity contribution in [1.82, 2.24) is 4.90 Å². The summed E-state index contributed by atoms with van der Waals surface area (Å²) in [6, 6.07) is 4.12. The van der Waals surface area contributed by atoms with E-state index in [0.29, 0.717) is 5.69 Å². The Morgan fingerprint density at radius 3 is 2.50 bits per heavy atom. The zero-order chi connectivity index (χ0) is 13.9. The van der Waals surface area contributed by atoms with Crippen LogP contribution in [0.25, 0.3) is 0 Å². The van der Waals surface area contributed by atoms with E-state index in [4.69, 9.17) is 15.6 Å². The number of ether oxygens (including phenoxy) is 1. The van der Waals surface area contributed by atoms with E-state index in [1.165, 1.54) is 23.1 Å². The minimum Gasteiger partial charge on any atom is -0.479 e. The fourth-order valence-electron chi connectivity index (χ4n) is 1.37. The lowest BCUT2D eigenvalue weighted by Gasteiger charge is -2.19. The smallest absolute Gasteiger partial charge is 0.335 e. The maximum absolute atomic E-state index is 11.6. The first-order valence-electron chi connectivity index (χ1n) is 5.33. The van der Waals surface area contributed by atoms with Gasteiger partial charge in [0.25, 0.3) is 5.91 Å². The number of benzene rings is 1. The van der Waals surface area contributed by atoms with Crippen molar-refractivity contribution in [3.8, 4) is 5.75 Å². The van der Waals surface area contributed by atoms with Gasteiger partial charge in [-0.1, -0.05) is 0 Å². The molecule has 1 aromatic carbocycles. The Morgan fingerprint density at radius 1 is 1.39 bits per heavy atom. The molecule has 1 unspecified atom stereocenters. The van der Waals surface area contributed by atoms with Gasteiger partial charge in [-0.15, -0.1) is 0 Å². The zero-order valence-electron chi connectivity index (χ0n) is 10.5. The lowest BCUT2D eigenvalue weighted by molar-refractivity contribution is -0.135. The van der Waals surface area contributed by atoms with Gasteiger partial charge in [-0.3, -0.25) is 4.79 Å². The maximum Gasteiger partial charge on any atom is 0.335 e. The van der Waals surface area contributed by atoms with Crippen LogP contribution in [-0.4, -0.2) is 42.1 Å². The second-order valence-corrected chi connectivity index (χ2v) is 4.05. The fraction of sp³-hybridized carbons (Fsp3) is 0.333. The van der Waals surface area contributed by atoms with Crippen molar-refractivity contribution in [2.24, 2.45) is 0 Å². The number of likely N-dealkylation sites (N-methyl/N-ethyl adjacent to an activating group) is 1. The van der Waals surface area contributed by atoms with E-state index in [-0.39, 0.29) is 17.2 Å². The number of nitrogens with two attached hydrogens (primary N) is 1. The first-order chi connectivity index (χ1) is 8.32. The molecule has 0 aliphatic carbocycles. The third kappa shape index (κ3) is 3.13. The van der Waals surface area contributed by atoms with Crippen molar-refractivity contribution >= 4 is 17.6 Å². The minimum absolute atomic E-state index is 0.0590. The van der Waals surface area contributed by atoms with Crippen molar-refractivity contribution < 1.29 is 19.4 Å². The van der Waals surface area contributed by atoms with Crippen molar-refractivity contribution in [1.29, 1.82) is 0 Å². The first-order valence-corrected chi connectivity index (χ1v) is 5.33. The quantitative estimate of drug-likeness (QED) is 0.774. The third-order valence-corrected chi connectivity index (χ3v) is 2.35. The summed E-state index contributed by atoms with van der Waals surface area (Å²) in [6.07, 6.45) is -0.730. The van der Waals surface area contributed by atoms with Crippen molar-refractivity contribution in [3.05, 3.63) is 23.8 Å². The summed E-state index contributed by atoms with van der Waals surface area (Å²) < 4.78 is 5.38. The third-order valence-electron chi connectivity index (χ3n) is 2.35. The van der Waals surface area contributed by atoms with Gasteiger partial charge >= 0.3 is 5.97 Å². The predicted molar refractivity (Wildman–Crippen MR) is 66.6 cm³/mol. The molecule has 3 N–H and O–H groups in total. The Balaban J connectivity index is 2.93. The average Bonchev–Trinajstić information content (AvgIpc) is 2.30.